The molecule has 0 spiro atoms. The first-order valence-corrected chi connectivity index (χ1v) is 5.43. The molecule has 17 heavy (non-hydrogen) atoms. The third-order valence-corrected chi connectivity index (χ3v) is 3.30. The minimum absolute atomic E-state index is 0.0882. The van der Waals surface area contributed by atoms with E-state index >= 15 is 0 Å². The van der Waals surface area contributed by atoms with Gasteiger partial charge in [-0.15, -0.1) is 0 Å². The fourth-order valence-electron chi connectivity index (χ4n) is 2.44. The van der Waals surface area contributed by atoms with Crippen LogP contribution in [0.3, 0.4) is 0 Å². The van der Waals surface area contributed by atoms with Gasteiger partial charge in [0.1, 0.15) is 0 Å². The van der Waals surface area contributed by atoms with Crippen molar-refractivity contribution in [2.24, 2.45) is 5.73 Å². The van der Waals surface area contributed by atoms with Crippen LogP contribution in [0.2, 0.25) is 0 Å². The van der Waals surface area contributed by atoms with Gasteiger partial charge in [0, 0.05) is 11.3 Å². The first-order chi connectivity index (χ1) is 8.09. The van der Waals surface area contributed by atoms with E-state index in [2.05, 4.69) is 0 Å². The number of Topliss-reactive ketones (excluding diaryl/α,β-unsaturated/α-hetero) is 1. The van der Waals surface area contributed by atoms with Crippen LogP contribution >= 0.6 is 0 Å². The molecular formula is C14H12N2O. The Kier molecular flexibility index (Phi) is 1.81. The molecule has 4 N–H and O–H groups in total. The highest BCUT2D eigenvalue weighted by atomic mass is 16.1. The second kappa shape index (κ2) is 3.10. The fraction of sp³-hybridized carbons (Fsp3) is 0.0714. The molecule has 0 aliphatic heterocycles. The lowest BCUT2D eigenvalue weighted by Crippen LogP contribution is -2.16. The Morgan fingerprint density at radius 2 is 1.82 bits per heavy atom. The number of nitrogen functional groups attached to an aromatic ring is 1. The fourth-order valence-corrected chi connectivity index (χ4v) is 2.44. The van der Waals surface area contributed by atoms with Gasteiger partial charge in [0.25, 0.3) is 0 Å². The average molecular weight is 224 g/mol. The van der Waals surface area contributed by atoms with E-state index in [9.17, 15) is 4.79 Å². The van der Waals surface area contributed by atoms with Crippen molar-refractivity contribution in [3.05, 3.63) is 52.7 Å². The van der Waals surface area contributed by atoms with Crippen LogP contribution in [0.15, 0.2) is 41.6 Å². The molecule has 3 rings (SSSR count). The molecule has 2 aliphatic rings. The number of allylic oxidation sites excluding steroid dienone is 5. The summed E-state index contributed by atoms with van der Waals surface area (Å²) in [4.78, 5) is 12.0. The standard InChI is InChI=1S/C14H12N2O/c1-7-11-6-8(15)2-3-9(11)10-4-5-12(16)14(17)13(7)10/h2-6H,15-16H2,1H3. The van der Waals surface area contributed by atoms with Crippen molar-refractivity contribution in [3.63, 3.8) is 0 Å². The predicted octanol–water partition coefficient (Wildman–Crippen LogP) is 1.86. The summed E-state index contributed by atoms with van der Waals surface area (Å²) in [7, 11) is 0. The summed E-state index contributed by atoms with van der Waals surface area (Å²) in [5.74, 6) is -0.0882. The van der Waals surface area contributed by atoms with Crippen LogP contribution in [0.4, 0.5) is 5.69 Å². The van der Waals surface area contributed by atoms with Gasteiger partial charge in [0.15, 0.2) is 0 Å². The Bertz CT molecular complexity index is 648. The van der Waals surface area contributed by atoms with Crippen LogP contribution in [-0.4, -0.2) is 5.78 Å². The minimum Gasteiger partial charge on any atom is -0.399 e. The number of fused-ring (bicyclic) bond motifs is 3. The summed E-state index contributed by atoms with van der Waals surface area (Å²) in [5, 5.41) is 0. The lowest BCUT2D eigenvalue weighted by molar-refractivity contribution is -0.111. The van der Waals surface area contributed by atoms with Crippen LogP contribution in [-0.2, 0) is 4.79 Å². The minimum atomic E-state index is -0.0882. The Hall–Kier alpha value is -2.29. The van der Waals surface area contributed by atoms with Crippen LogP contribution in [0.1, 0.15) is 18.1 Å². The molecule has 2 aliphatic carbocycles. The van der Waals surface area contributed by atoms with E-state index in [1.807, 2.05) is 31.2 Å². The Labute approximate surface area is 99.1 Å². The molecular weight excluding hydrogens is 212 g/mol. The van der Waals surface area contributed by atoms with E-state index in [0.29, 0.717) is 17.0 Å². The number of carbonyl (C=O) groups excluding carboxylic acids is 1. The molecule has 0 heterocycles. The van der Waals surface area contributed by atoms with E-state index in [1.165, 1.54) is 0 Å². The van der Waals surface area contributed by atoms with Crippen LogP contribution in [0.5, 0.6) is 0 Å². The number of nitrogens with two attached hydrogens (primary N) is 2. The van der Waals surface area contributed by atoms with Gasteiger partial charge in [-0.2, -0.15) is 0 Å². The second-order valence-electron chi connectivity index (χ2n) is 4.34. The predicted molar refractivity (Wildman–Crippen MR) is 68.7 cm³/mol. The van der Waals surface area contributed by atoms with Crippen molar-refractivity contribution >= 4 is 22.6 Å². The molecule has 1 aromatic carbocycles. The van der Waals surface area contributed by atoms with Crippen molar-refractivity contribution in [2.75, 3.05) is 5.73 Å². The van der Waals surface area contributed by atoms with Gasteiger partial charge in [-0.25, -0.2) is 0 Å². The second-order valence-corrected chi connectivity index (χ2v) is 4.34. The van der Waals surface area contributed by atoms with Gasteiger partial charge >= 0.3 is 0 Å². The highest BCUT2D eigenvalue weighted by Crippen LogP contribution is 2.44. The lowest BCUT2D eigenvalue weighted by atomic mass is 9.94. The van der Waals surface area contributed by atoms with E-state index in [-0.39, 0.29) is 5.78 Å². The van der Waals surface area contributed by atoms with E-state index in [1.54, 1.807) is 6.08 Å². The highest BCUT2D eigenvalue weighted by molar-refractivity contribution is 6.27. The summed E-state index contributed by atoms with van der Waals surface area (Å²) in [6, 6.07) is 5.71. The number of rotatable bonds is 0. The van der Waals surface area contributed by atoms with Gasteiger partial charge < -0.3 is 11.5 Å². The van der Waals surface area contributed by atoms with Crippen molar-refractivity contribution < 1.29 is 4.79 Å². The monoisotopic (exact) mass is 224 g/mol. The van der Waals surface area contributed by atoms with E-state index < -0.39 is 0 Å². The maximum Gasteiger partial charge on any atom is 0.209 e. The zero-order valence-electron chi connectivity index (χ0n) is 9.45. The van der Waals surface area contributed by atoms with Gasteiger partial charge in [0.05, 0.1) is 5.70 Å². The summed E-state index contributed by atoms with van der Waals surface area (Å²) in [6.07, 6.45) is 3.57. The molecule has 84 valence electrons. The molecule has 0 unspecified atom stereocenters. The smallest absolute Gasteiger partial charge is 0.209 e. The molecule has 0 amide bonds. The van der Waals surface area contributed by atoms with Crippen LogP contribution < -0.4 is 11.5 Å². The molecule has 3 nitrogen and oxygen atoms in total. The van der Waals surface area contributed by atoms with E-state index in [0.717, 1.165) is 22.3 Å². The summed E-state index contributed by atoms with van der Waals surface area (Å²) < 4.78 is 0. The molecule has 0 radical (unpaired) electrons. The molecule has 0 bridgehead atoms. The molecule has 0 aromatic heterocycles. The SMILES string of the molecule is CC1=C2C(=O)C(N)=CC=C2c2ccc(N)cc21. The topological polar surface area (TPSA) is 69.1 Å². The Morgan fingerprint density at radius 3 is 2.59 bits per heavy atom. The number of carbonyl (C=O) groups is 1. The molecule has 0 saturated carbocycles. The Balaban J connectivity index is 2.32. The summed E-state index contributed by atoms with van der Waals surface area (Å²) in [6.45, 7) is 1.94. The zero-order valence-corrected chi connectivity index (χ0v) is 9.45. The third-order valence-electron chi connectivity index (χ3n) is 3.30. The van der Waals surface area contributed by atoms with Crippen molar-refractivity contribution in [1.82, 2.24) is 0 Å². The molecule has 0 saturated heterocycles. The van der Waals surface area contributed by atoms with Crippen molar-refractivity contribution in [2.45, 2.75) is 6.92 Å². The number of anilines is 1. The lowest BCUT2D eigenvalue weighted by Gasteiger charge is -2.11. The van der Waals surface area contributed by atoms with E-state index in [4.69, 9.17) is 11.5 Å². The normalized spacial score (nSPS) is 17.6. The van der Waals surface area contributed by atoms with Crippen LogP contribution in [0.25, 0.3) is 11.1 Å². The first kappa shape index (κ1) is 9.90. The van der Waals surface area contributed by atoms with Crippen molar-refractivity contribution in [3.8, 4) is 0 Å². The molecule has 0 atom stereocenters. The third kappa shape index (κ3) is 1.19. The zero-order chi connectivity index (χ0) is 12.2. The maximum atomic E-state index is 12.0. The first-order valence-electron chi connectivity index (χ1n) is 5.43. The molecule has 1 aromatic rings. The number of hydrogen-bond donors (Lipinski definition) is 2. The van der Waals surface area contributed by atoms with Gasteiger partial charge in [0.2, 0.25) is 5.78 Å². The molecule has 3 heteroatoms. The number of ketones is 1. The highest BCUT2D eigenvalue weighted by Gasteiger charge is 2.30. The van der Waals surface area contributed by atoms with Gasteiger partial charge in [-0.1, -0.05) is 12.1 Å². The quantitative estimate of drug-likeness (QED) is 0.661. The molecule has 0 fully saturated rings. The summed E-state index contributed by atoms with van der Waals surface area (Å²) >= 11 is 0. The van der Waals surface area contributed by atoms with Crippen molar-refractivity contribution in [1.29, 1.82) is 0 Å². The Morgan fingerprint density at radius 1 is 1.06 bits per heavy atom. The van der Waals surface area contributed by atoms with Crippen LogP contribution in [0, 0.1) is 0 Å². The number of benzene rings is 1. The maximum absolute atomic E-state index is 12.0. The van der Waals surface area contributed by atoms with Gasteiger partial charge in [-0.3, -0.25) is 4.79 Å². The largest absolute Gasteiger partial charge is 0.399 e. The summed E-state index contributed by atoms with van der Waals surface area (Å²) in [5.41, 5.74) is 17.2. The average Bonchev–Trinajstić information content (AvgIpc) is 2.58. The van der Waals surface area contributed by atoms with Gasteiger partial charge in [-0.05, 0) is 47.4 Å². The number of hydrogen-bond acceptors (Lipinski definition) is 3.